The van der Waals surface area contributed by atoms with Crippen molar-refractivity contribution in [2.24, 2.45) is 0 Å². The second kappa shape index (κ2) is 14.8. The smallest absolute Gasteiger partial charge is 0.422 e. The first-order valence-corrected chi connectivity index (χ1v) is 7.86. The maximum Gasteiger partial charge on any atom is 0.422 e. The molecule has 0 heterocycles. The average Bonchev–Trinajstić information content (AvgIpc) is 2.51. The van der Waals surface area contributed by atoms with Crippen LogP contribution in [-0.4, -0.2) is 37.5 Å². The van der Waals surface area contributed by atoms with Gasteiger partial charge in [-0.15, -0.1) is 6.58 Å². The third-order valence-electron chi connectivity index (χ3n) is 2.29. The SMILES string of the molecule is C=C(C)C(=O)OCC(F)(F)F.C=C(C)C(=O)OCCC(F)(F)F.C=C(C)CC. The lowest BCUT2D eigenvalue weighted by Gasteiger charge is -2.06. The first-order chi connectivity index (χ1) is 12.4. The van der Waals surface area contributed by atoms with Crippen LogP contribution in [0.25, 0.3) is 0 Å². The van der Waals surface area contributed by atoms with Crippen molar-refractivity contribution in [3.8, 4) is 0 Å². The zero-order valence-corrected chi connectivity index (χ0v) is 16.4. The second-order valence-corrected chi connectivity index (χ2v) is 5.56. The number of allylic oxidation sites excluding steroid dienone is 1. The molecule has 28 heavy (non-hydrogen) atoms. The van der Waals surface area contributed by atoms with Crippen molar-refractivity contribution in [2.75, 3.05) is 13.2 Å². The Morgan fingerprint density at radius 3 is 1.39 bits per heavy atom. The highest BCUT2D eigenvalue weighted by Gasteiger charge is 2.29. The summed E-state index contributed by atoms with van der Waals surface area (Å²) in [7, 11) is 0. The first-order valence-electron chi connectivity index (χ1n) is 7.86. The van der Waals surface area contributed by atoms with E-state index < -0.39 is 43.9 Å². The Kier molecular flexibility index (Phi) is 16.1. The summed E-state index contributed by atoms with van der Waals surface area (Å²) in [4.78, 5) is 20.9. The van der Waals surface area contributed by atoms with Crippen LogP contribution in [0.2, 0.25) is 0 Å². The number of rotatable bonds is 6. The van der Waals surface area contributed by atoms with E-state index in [4.69, 9.17) is 0 Å². The van der Waals surface area contributed by atoms with Crippen molar-refractivity contribution in [1.29, 1.82) is 0 Å². The third kappa shape index (κ3) is 28.5. The lowest BCUT2D eigenvalue weighted by atomic mass is 10.3. The predicted molar refractivity (Wildman–Crippen MR) is 93.4 cm³/mol. The summed E-state index contributed by atoms with van der Waals surface area (Å²) in [5, 5.41) is 0. The van der Waals surface area contributed by atoms with Gasteiger partial charge in [0.2, 0.25) is 0 Å². The van der Waals surface area contributed by atoms with E-state index in [0.717, 1.165) is 6.42 Å². The summed E-state index contributed by atoms with van der Waals surface area (Å²) in [6.45, 7) is 14.6. The summed E-state index contributed by atoms with van der Waals surface area (Å²) >= 11 is 0. The van der Waals surface area contributed by atoms with E-state index in [0.29, 0.717) is 0 Å². The van der Waals surface area contributed by atoms with Crippen LogP contribution in [0, 0.1) is 0 Å². The summed E-state index contributed by atoms with van der Waals surface area (Å²) < 4.78 is 76.6. The highest BCUT2D eigenvalue weighted by molar-refractivity contribution is 5.87. The van der Waals surface area contributed by atoms with E-state index >= 15 is 0 Å². The Bertz CT molecular complexity index is 533. The van der Waals surface area contributed by atoms with Crippen molar-refractivity contribution in [1.82, 2.24) is 0 Å². The number of hydrogen-bond donors (Lipinski definition) is 0. The third-order valence-corrected chi connectivity index (χ3v) is 2.29. The molecule has 164 valence electrons. The fourth-order valence-electron chi connectivity index (χ4n) is 0.653. The molecule has 0 aromatic rings. The standard InChI is InChI=1S/C7H9F3O2.C6H7F3O2.C5H10/c1-5(2)6(11)12-4-3-7(8,9)10;1-4(2)5(10)11-3-6(7,8)9;1-4-5(2)3/h1,3-4H2,2H3;1,3H2,2H3;2,4H2,1,3H3. The van der Waals surface area contributed by atoms with Gasteiger partial charge in [-0.25, -0.2) is 9.59 Å². The van der Waals surface area contributed by atoms with E-state index in [2.05, 4.69) is 36.1 Å². The molecule has 0 aliphatic heterocycles. The molecule has 0 amide bonds. The monoisotopic (exact) mass is 420 g/mol. The molecule has 10 heteroatoms. The molecular formula is C18H26F6O4. The minimum Gasteiger partial charge on any atom is -0.462 e. The summed E-state index contributed by atoms with van der Waals surface area (Å²) in [5.74, 6) is -1.82. The summed E-state index contributed by atoms with van der Waals surface area (Å²) in [6, 6.07) is 0. The molecular weight excluding hydrogens is 394 g/mol. The molecule has 0 aliphatic carbocycles. The maximum absolute atomic E-state index is 11.5. The zero-order valence-electron chi connectivity index (χ0n) is 16.4. The van der Waals surface area contributed by atoms with Crippen molar-refractivity contribution < 1.29 is 45.4 Å². The van der Waals surface area contributed by atoms with Gasteiger partial charge in [0.05, 0.1) is 6.42 Å². The Hall–Kier alpha value is -2.26. The van der Waals surface area contributed by atoms with Crippen molar-refractivity contribution in [2.45, 2.75) is 52.9 Å². The van der Waals surface area contributed by atoms with Gasteiger partial charge in [0, 0.05) is 11.1 Å². The van der Waals surface area contributed by atoms with Crippen LogP contribution in [0.4, 0.5) is 26.3 Å². The predicted octanol–water partition coefficient (Wildman–Crippen LogP) is 5.70. The van der Waals surface area contributed by atoms with Crippen LogP contribution in [0.3, 0.4) is 0 Å². The molecule has 0 atom stereocenters. The average molecular weight is 420 g/mol. The van der Waals surface area contributed by atoms with Gasteiger partial charge in [0.1, 0.15) is 6.61 Å². The molecule has 0 spiro atoms. The first kappa shape index (κ1) is 30.5. The fourth-order valence-corrected chi connectivity index (χ4v) is 0.653. The van der Waals surface area contributed by atoms with Gasteiger partial charge >= 0.3 is 24.3 Å². The second-order valence-electron chi connectivity index (χ2n) is 5.56. The normalized spacial score (nSPS) is 10.4. The highest BCUT2D eigenvalue weighted by Crippen LogP contribution is 2.19. The lowest BCUT2D eigenvalue weighted by molar-refractivity contribution is -0.183. The van der Waals surface area contributed by atoms with E-state index in [1.54, 1.807) is 0 Å². The number of esters is 2. The molecule has 0 aliphatic rings. The van der Waals surface area contributed by atoms with Crippen LogP contribution < -0.4 is 0 Å². The van der Waals surface area contributed by atoms with E-state index in [1.807, 2.05) is 6.92 Å². The van der Waals surface area contributed by atoms with Crippen LogP contribution >= 0.6 is 0 Å². The van der Waals surface area contributed by atoms with E-state index in [-0.39, 0.29) is 11.1 Å². The number of alkyl halides is 6. The number of halogens is 6. The molecule has 4 nitrogen and oxygen atoms in total. The summed E-state index contributed by atoms with van der Waals surface area (Å²) in [6.07, 6.45) is -8.76. The summed E-state index contributed by atoms with van der Waals surface area (Å²) in [5.41, 5.74) is 1.30. The van der Waals surface area contributed by atoms with Gasteiger partial charge in [-0.3, -0.25) is 0 Å². The Labute approximate surface area is 160 Å². The molecule has 0 bridgehead atoms. The van der Waals surface area contributed by atoms with E-state index in [1.165, 1.54) is 19.4 Å². The zero-order chi connectivity index (χ0) is 23.1. The Morgan fingerprint density at radius 2 is 1.14 bits per heavy atom. The minimum atomic E-state index is -4.47. The number of carbonyl (C=O) groups is 2. The maximum atomic E-state index is 11.5. The molecule has 0 aromatic carbocycles. The van der Waals surface area contributed by atoms with Gasteiger partial charge in [0.25, 0.3) is 0 Å². The topological polar surface area (TPSA) is 52.6 Å². The molecule has 0 fully saturated rings. The Balaban J connectivity index is -0.000000362. The van der Waals surface area contributed by atoms with Gasteiger partial charge < -0.3 is 9.47 Å². The molecule has 0 N–H and O–H groups in total. The van der Waals surface area contributed by atoms with E-state index in [9.17, 15) is 35.9 Å². The fraction of sp³-hybridized carbons (Fsp3) is 0.556. The van der Waals surface area contributed by atoms with Crippen molar-refractivity contribution in [3.63, 3.8) is 0 Å². The quantitative estimate of drug-likeness (QED) is 0.239. The largest absolute Gasteiger partial charge is 0.462 e. The van der Waals surface area contributed by atoms with Crippen molar-refractivity contribution >= 4 is 11.9 Å². The molecule has 0 unspecified atom stereocenters. The van der Waals surface area contributed by atoms with Gasteiger partial charge in [-0.05, 0) is 27.2 Å². The van der Waals surface area contributed by atoms with Gasteiger partial charge in [-0.1, -0.05) is 25.7 Å². The number of carbonyl (C=O) groups excluding carboxylic acids is 2. The molecule has 0 radical (unpaired) electrons. The molecule has 0 rings (SSSR count). The lowest BCUT2D eigenvalue weighted by Crippen LogP contribution is -2.20. The van der Waals surface area contributed by atoms with Crippen LogP contribution in [-0.2, 0) is 19.1 Å². The molecule has 0 saturated carbocycles. The molecule has 0 aromatic heterocycles. The number of hydrogen-bond acceptors (Lipinski definition) is 4. The Morgan fingerprint density at radius 1 is 0.786 bits per heavy atom. The van der Waals surface area contributed by atoms with Gasteiger partial charge in [-0.2, -0.15) is 26.3 Å². The number of ether oxygens (including phenoxy) is 2. The molecule has 0 saturated heterocycles. The van der Waals surface area contributed by atoms with Crippen LogP contribution in [0.1, 0.15) is 40.5 Å². The van der Waals surface area contributed by atoms with Gasteiger partial charge in [0.15, 0.2) is 6.61 Å². The minimum absolute atomic E-state index is 0.0470. The highest BCUT2D eigenvalue weighted by atomic mass is 19.4. The van der Waals surface area contributed by atoms with Crippen LogP contribution in [0.15, 0.2) is 36.5 Å². The van der Waals surface area contributed by atoms with Crippen LogP contribution in [0.5, 0.6) is 0 Å². The van der Waals surface area contributed by atoms with Crippen molar-refractivity contribution in [3.05, 3.63) is 36.5 Å².